The van der Waals surface area contributed by atoms with Gasteiger partial charge in [0, 0.05) is 43.7 Å². The van der Waals surface area contributed by atoms with Gasteiger partial charge in [0.1, 0.15) is 11.6 Å². The number of ether oxygens (including phenoxy) is 2. The zero-order valence-electron chi connectivity index (χ0n) is 24.1. The molecule has 0 aromatic heterocycles. The van der Waals surface area contributed by atoms with Crippen LogP contribution in [0.25, 0.3) is 0 Å². The smallest absolute Gasteiger partial charge is 0.185 e. The fraction of sp³-hybridized carbons (Fsp3) is 0.531. The van der Waals surface area contributed by atoms with Gasteiger partial charge in [0.2, 0.25) is 0 Å². The van der Waals surface area contributed by atoms with E-state index in [1.807, 2.05) is 39.8 Å². The summed E-state index contributed by atoms with van der Waals surface area (Å²) in [6.07, 6.45) is 1.61. The highest BCUT2D eigenvalue weighted by molar-refractivity contribution is 9.10. The summed E-state index contributed by atoms with van der Waals surface area (Å²) < 4.78 is 13.0. The third kappa shape index (κ3) is 5.37. The van der Waals surface area contributed by atoms with E-state index >= 15 is 0 Å². The van der Waals surface area contributed by atoms with Gasteiger partial charge in [-0.1, -0.05) is 59.6 Å². The van der Waals surface area contributed by atoms with Crippen LogP contribution in [0.3, 0.4) is 0 Å². The van der Waals surface area contributed by atoms with E-state index in [1.165, 1.54) is 5.56 Å². The molecule has 5 nitrogen and oxygen atoms in total. The third-order valence-electron chi connectivity index (χ3n) is 8.68. The lowest BCUT2D eigenvalue weighted by Crippen LogP contribution is -2.42. The Hall–Kier alpha value is -1.67. The Balaban J connectivity index is 0.000000183. The second kappa shape index (κ2) is 10.3. The van der Waals surface area contributed by atoms with Crippen LogP contribution in [0, 0.1) is 0 Å². The summed E-state index contributed by atoms with van der Waals surface area (Å²) in [7, 11) is 0. The quantitative estimate of drug-likeness (QED) is 0.307. The van der Waals surface area contributed by atoms with E-state index in [2.05, 4.69) is 71.7 Å². The van der Waals surface area contributed by atoms with Crippen molar-refractivity contribution in [3.63, 3.8) is 0 Å². The van der Waals surface area contributed by atoms with Crippen molar-refractivity contribution < 1.29 is 23.9 Å². The number of Topliss-reactive ketones (excluding diaryl/α,β-unsaturated/α-hetero) is 2. The molecule has 0 bridgehead atoms. The van der Waals surface area contributed by atoms with E-state index in [1.54, 1.807) is 0 Å². The molecule has 1 saturated heterocycles. The Bertz CT molecular complexity index is 1350. The Morgan fingerprint density at radius 2 is 1.13 bits per heavy atom. The molecule has 2 aromatic carbocycles. The molecule has 5 rings (SSSR count). The highest BCUT2D eigenvalue weighted by Crippen LogP contribution is 2.47. The van der Waals surface area contributed by atoms with Gasteiger partial charge in [-0.05, 0) is 85.0 Å². The van der Waals surface area contributed by atoms with Gasteiger partial charge in [0.25, 0.3) is 0 Å². The van der Waals surface area contributed by atoms with Gasteiger partial charge in [0.15, 0.2) is 12.6 Å². The summed E-state index contributed by atoms with van der Waals surface area (Å²) in [6.45, 7) is 17.5. The number of ketones is 2. The van der Waals surface area contributed by atoms with Crippen LogP contribution in [-0.4, -0.2) is 31.1 Å². The molecule has 210 valence electrons. The second-order valence-electron chi connectivity index (χ2n) is 13.2. The maximum Gasteiger partial charge on any atom is 0.185 e. The number of carbonyl (C=O) groups is 3. The molecular weight excluding hydrogens is 624 g/mol. The van der Waals surface area contributed by atoms with Crippen LogP contribution < -0.4 is 0 Å². The predicted molar refractivity (Wildman–Crippen MR) is 160 cm³/mol. The second-order valence-corrected chi connectivity index (χ2v) is 15.0. The minimum absolute atomic E-state index is 0.139. The molecule has 0 N–H and O–H groups in total. The Kier molecular flexibility index (Phi) is 8.01. The largest absolute Gasteiger partial charge is 0.346 e. The van der Waals surface area contributed by atoms with Crippen LogP contribution >= 0.6 is 31.9 Å². The van der Waals surface area contributed by atoms with Crippen LogP contribution in [0.2, 0.25) is 0 Å². The molecule has 0 radical (unpaired) electrons. The third-order valence-corrected chi connectivity index (χ3v) is 10.1. The molecule has 7 heteroatoms. The predicted octanol–water partition coefficient (Wildman–Crippen LogP) is 7.81. The lowest BCUT2D eigenvalue weighted by molar-refractivity contribution is -0.126. The molecule has 1 fully saturated rings. The average molecular weight is 662 g/mol. The molecule has 39 heavy (non-hydrogen) atoms. The number of rotatable bonds is 2. The lowest BCUT2D eigenvalue weighted by Gasteiger charge is -2.41. The van der Waals surface area contributed by atoms with E-state index in [9.17, 15) is 14.4 Å². The zero-order chi connectivity index (χ0) is 29.1. The lowest BCUT2D eigenvalue weighted by atomic mass is 9.62. The molecule has 3 aliphatic rings. The van der Waals surface area contributed by atoms with Crippen molar-refractivity contribution in [1.82, 2.24) is 0 Å². The minimum Gasteiger partial charge on any atom is -0.346 e. The van der Waals surface area contributed by atoms with Crippen molar-refractivity contribution in [3.8, 4) is 0 Å². The molecule has 0 atom stereocenters. The zero-order valence-corrected chi connectivity index (χ0v) is 27.3. The number of aldehydes is 1. The molecule has 0 saturated carbocycles. The Morgan fingerprint density at radius 3 is 1.59 bits per heavy atom. The van der Waals surface area contributed by atoms with E-state index in [0.29, 0.717) is 37.4 Å². The number of benzene rings is 2. The monoisotopic (exact) mass is 660 g/mol. The first-order valence-electron chi connectivity index (χ1n) is 13.4. The maximum absolute atomic E-state index is 12.5. The molecule has 0 unspecified atom stereocenters. The molecular formula is C32H38Br2O5. The summed E-state index contributed by atoms with van der Waals surface area (Å²) in [4.78, 5) is 35.9. The van der Waals surface area contributed by atoms with Gasteiger partial charge in [0.05, 0.1) is 13.2 Å². The summed E-state index contributed by atoms with van der Waals surface area (Å²) in [5, 5.41) is 0. The normalized spacial score (nSPS) is 22.4. The topological polar surface area (TPSA) is 69.7 Å². The minimum atomic E-state index is -0.511. The van der Waals surface area contributed by atoms with Gasteiger partial charge in [-0.3, -0.25) is 14.4 Å². The molecule has 1 heterocycles. The first kappa shape index (κ1) is 30.3. The van der Waals surface area contributed by atoms with Gasteiger partial charge >= 0.3 is 0 Å². The summed E-state index contributed by atoms with van der Waals surface area (Å²) in [6, 6.07) is 8.08. The van der Waals surface area contributed by atoms with E-state index in [4.69, 9.17) is 9.47 Å². The number of carbonyl (C=O) groups excluding carboxylic acids is 3. The van der Waals surface area contributed by atoms with Crippen molar-refractivity contribution in [1.29, 1.82) is 0 Å². The van der Waals surface area contributed by atoms with Crippen LogP contribution in [-0.2, 0) is 40.7 Å². The fourth-order valence-electron chi connectivity index (χ4n) is 5.88. The van der Waals surface area contributed by atoms with Crippen molar-refractivity contribution in [2.45, 2.75) is 96.2 Å². The summed E-state index contributed by atoms with van der Waals surface area (Å²) in [5.74, 6) is 0.528. The van der Waals surface area contributed by atoms with Gasteiger partial charge in [-0.2, -0.15) is 0 Å². The van der Waals surface area contributed by atoms with E-state index in [0.717, 1.165) is 37.5 Å². The van der Waals surface area contributed by atoms with Crippen molar-refractivity contribution in [2.75, 3.05) is 13.2 Å². The summed E-state index contributed by atoms with van der Waals surface area (Å²) in [5.41, 5.74) is 4.77. The number of hydrogen-bond donors (Lipinski definition) is 0. The first-order chi connectivity index (χ1) is 17.9. The first-order valence-corrected chi connectivity index (χ1v) is 15.0. The van der Waals surface area contributed by atoms with Crippen molar-refractivity contribution >= 4 is 49.7 Å². The van der Waals surface area contributed by atoms with E-state index in [-0.39, 0.29) is 22.9 Å². The molecule has 0 amide bonds. The maximum atomic E-state index is 12.5. The van der Waals surface area contributed by atoms with Crippen molar-refractivity contribution in [2.24, 2.45) is 0 Å². The van der Waals surface area contributed by atoms with Gasteiger partial charge < -0.3 is 9.47 Å². The number of halogens is 2. The molecule has 1 aliphatic heterocycles. The van der Waals surface area contributed by atoms with Crippen molar-refractivity contribution in [3.05, 3.63) is 66.6 Å². The average Bonchev–Trinajstić information content (AvgIpc) is 3.36. The fourth-order valence-corrected chi connectivity index (χ4v) is 6.85. The van der Waals surface area contributed by atoms with Gasteiger partial charge in [-0.15, -0.1) is 0 Å². The SMILES string of the molecule is CC1(C)CC(=O)C(C)(C)c2cc(C3OCCO3)c(Br)cc21.CC1(C)CC(=O)C(C)(C)c2cc(C=O)c(Br)cc21. The van der Waals surface area contributed by atoms with E-state index < -0.39 is 10.8 Å². The Labute approximate surface area is 248 Å². The number of fused-ring (bicyclic) bond motifs is 2. The standard InChI is InChI=1S/C17H21BrO3.C15H17BrO2/c1-16(2)9-14(19)17(3,4)12-7-10(13(18)8-11(12)16)15-20-5-6-21-15;1-14(2)7-13(18)15(3,4)11-5-9(8-17)12(16)6-10(11)14/h7-8,15H,5-6,9H2,1-4H3;5-6,8H,7H2,1-4H3. The summed E-state index contributed by atoms with van der Waals surface area (Å²) >= 11 is 7.07. The molecule has 0 spiro atoms. The highest BCUT2D eigenvalue weighted by atomic mass is 79.9. The number of hydrogen-bond acceptors (Lipinski definition) is 5. The van der Waals surface area contributed by atoms with Crippen LogP contribution in [0.4, 0.5) is 0 Å². The van der Waals surface area contributed by atoms with Crippen LogP contribution in [0.15, 0.2) is 33.2 Å². The van der Waals surface area contributed by atoms with Crippen LogP contribution in [0.1, 0.15) is 113 Å². The Morgan fingerprint density at radius 1 is 0.692 bits per heavy atom. The highest BCUT2D eigenvalue weighted by Gasteiger charge is 2.45. The van der Waals surface area contributed by atoms with Crippen LogP contribution in [0.5, 0.6) is 0 Å². The molecule has 2 aliphatic carbocycles. The van der Waals surface area contributed by atoms with Gasteiger partial charge in [-0.25, -0.2) is 0 Å². The molecule has 2 aromatic rings.